The van der Waals surface area contributed by atoms with E-state index in [1.54, 1.807) is 12.1 Å². The number of carbonyl (C=O) groups is 1. The van der Waals surface area contributed by atoms with Crippen molar-refractivity contribution in [1.82, 2.24) is 9.97 Å². The van der Waals surface area contributed by atoms with Crippen LogP contribution >= 0.6 is 0 Å². The summed E-state index contributed by atoms with van der Waals surface area (Å²) in [5, 5.41) is 0. The van der Waals surface area contributed by atoms with Crippen molar-refractivity contribution in [2.75, 3.05) is 7.11 Å². The molecule has 0 saturated carbocycles. The van der Waals surface area contributed by atoms with E-state index in [1.807, 2.05) is 0 Å². The minimum absolute atomic E-state index is 0.0246. The molecule has 0 radical (unpaired) electrons. The molecule has 0 amide bonds. The van der Waals surface area contributed by atoms with Gasteiger partial charge in [-0.15, -0.1) is 0 Å². The molecule has 2 aromatic rings. The van der Waals surface area contributed by atoms with Crippen LogP contribution in [0.25, 0.3) is 11.1 Å². The van der Waals surface area contributed by atoms with Gasteiger partial charge in [0.25, 0.3) is 0 Å². The van der Waals surface area contributed by atoms with Crippen LogP contribution in [0.5, 0.6) is 0 Å². The van der Waals surface area contributed by atoms with Gasteiger partial charge in [0.05, 0.1) is 7.11 Å². The molecule has 2 aromatic heterocycles. The minimum atomic E-state index is -4.50. The molecule has 0 N–H and O–H groups in total. The average Bonchev–Trinajstić information content (AvgIpc) is 2.45. The summed E-state index contributed by atoms with van der Waals surface area (Å²) in [6.45, 7) is 0. The second-order valence-corrected chi connectivity index (χ2v) is 3.82. The summed E-state index contributed by atoms with van der Waals surface area (Å²) in [4.78, 5) is 18.8. The number of pyridine rings is 2. The van der Waals surface area contributed by atoms with Crippen LogP contribution in [0, 0.1) is 0 Å². The molecule has 2 heterocycles. The Morgan fingerprint density at radius 3 is 2.50 bits per heavy atom. The third-order valence-corrected chi connectivity index (χ3v) is 2.55. The second kappa shape index (κ2) is 5.28. The smallest absolute Gasteiger partial charge is 0.433 e. The summed E-state index contributed by atoms with van der Waals surface area (Å²) in [5.41, 5.74) is -0.256. The van der Waals surface area contributed by atoms with Gasteiger partial charge in [-0.05, 0) is 12.1 Å². The van der Waals surface area contributed by atoms with E-state index in [2.05, 4.69) is 14.7 Å². The van der Waals surface area contributed by atoms with Crippen molar-refractivity contribution in [2.24, 2.45) is 0 Å². The molecular formula is C13H9F3N2O2. The number of methoxy groups -OCH3 is 1. The number of carbonyl (C=O) groups excluding carboxylic acids is 1. The number of ether oxygens (including phenoxy) is 1. The van der Waals surface area contributed by atoms with Crippen molar-refractivity contribution in [3.05, 3.63) is 48.0 Å². The Hall–Kier alpha value is -2.44. The maximum Gasteiger partial charge on any atom is 0.433 e. The van der Waals surface area contributed by atoms with Crippen LogP contribution in [0.15, 0.2) is 36.7 Å². The van der Waals surface area contributed by atoms with Gasteiger partial charge in [0.15, 0.2) is 5.69 Å². The highest BCUT2D eigenvalue weighted by molar-refractivity contribution is 5.94. The molecule has 2 rings (SSSR count). The standard InChI is InChI=1S/C13H9F3N2O2/c1-20-12(19)11-9(3-2-6-17-11)8-4-5-10(18-7-8)13(14,15)16/h2-7H,1H3. The lowest BCUT2D eigenvalue weighted by Gasteiger charge is -2.08. The van der Waals surface area contributed by atoms with Gasteiger partial charge < -0.3 is 4.74 Å². The number of esters is 1. The highest BCUT2D eigenvalue weighted by atomic mass is 19.4. The van der Waals surface area contributed by atoms with Gasteiger partial charge in [-0.3, -0.25) is 4.98 Å². The van der Waals surface area contributed by atoms with E-state index in [4.69, 9.17) is 0 Å². The molecule has 0 saturated heterocycles. The first-order valence-electron chi connectivity index (χ1n) is 5.50. The van der Waals surface area contributed by atoms with E-state index < -0.39 is 17.8 Å². The van der Waals surface area contributed by atoms with Crippen LogP contribution in [0.4, 0.5) is 13.2 Å². The van der Waals surface area contributed by atoms with Crippen LogP contribution in [-0.4, -0.2) is 23.0 Å². The Kier molecular flexibility index (Phi) is 3.69. The highest BCUT2D eigenvalue weighted by Gasteiger charge is 2.32. The summed E-state index contributed by atoms with van der Waals surface area (Å²) in [6.07, 6.45) is -2.06. The minimum Gasteiger partial charge on any atom is -0.464 e. The van der Waals surface area contributed by atoms with Crippen LogP contribution in [-0.2, 0) is 10.9 Å². The highest BCUT2D eigenvalue weighted by Crippen LogP contribution is 2.29. The van der Waals surface area contributed by atoms with Crippen LogP contribution in [0.3, 0.4) is 0 Å². The van der Waals surface area contributed by atoms with Crippen LogP contribution in [0.2, 0.25) is 0 Å². The van der Waals surface area contributed by atoms with E-state index >= 15 is 0 Å². The number of nitrogens with zero attached hydrogens (tertiary/aromatic N) is 2. The van der Waals surface area contributed by atoms with Gasteiger partial charge in [-0.25, -0.2) is 9.78 Å². The molecule has 0 aliphatic rings. The molecule has 7 heteroatoms. The normalized spacial score (nSPS) is 11.2. The van der Waals surface area contributed by atoms with Crippen molar-refractivity contribution >= 4 is 5.97 Å². The molecule has 0 bridgehead atoms. The van der Waals surface area contributed by atoms with E-state index in [1.165, 1.54) is 19.4 Å². The lowest BCUT2D eigenvalue weighted by Crippen LogP contribution is -2.08. The van der Waals surface area contributed by atoms with Gasteiger partial charge in [-0.1, -0.05) is 12.1 Å². The summed E-state index contributed by atoms with van der Waals surface area (Å²) in [7, 11) is 1.20. The van der Waals surface area contributed by atoms with Gasteiger partial charge in [0, 0.05) is 23.5 Å². The molecule has 20 heavy (non-hydrogen) atoms. The average molecular weight is 282 g/mol. The summed E-state index contributed by atoms with van der Waals surface area (Å²) < 4.78 is 41.9. The summed E-state index contributed by atoms with van der Waals surface area (Å²) in [5.74, 6) is -0.666. The third kappa shape index (κ3) is 2.76. The van der Waals surface area contributed by atoms with Gasteiger partial charge in [0.2, 0.25) is 0 Å². The first kappa shape index (κ1) is 14.0. The molecule has 0 aromatic carbocycles. The zero-order chi connectivity index (χ0) is 14.8. The SMILES string of the molecule is COC(=O)c1ncccc1-c1ccc(C(F)(F)F)nc1. The summed E-state index contributed by atoms with van der Waals surface area (Å²) >= 11 is 0. The fourth-order valence-corrected chi connectivity index (χ4v) is 1.62. The fourth-order valence-electron chi connectivity index (χ4n) is 1.62. The zero-order valence-electron chi connectivity index (χ0n) is 10.3. The van der Waals surface area contributed by atoms with Crippen molar-refractivity contribution in [1.29, 1.82) is 0 Å². The number of halogens is 3. The molecule has 4 nitrogen and oxygen atoms in total. The molecule has 0 spiro atoms. The van der Waals surface area contributed by atoms with Gasteiger partial charge in [0.1, 0.15) is 5.69 Å². The third-order valence-electron chi connectivity index (χ3n) is 2.55. The quantitative estimate of drug-likeness (QED) is 0.795. The Morgan fingerprint density at radius 1 is 1.20 bits per heavy atom. The maximum atomic E-state index is 12.4. The maximum absolute atomic E-state index is 12.4. The number of hydrogen-bond acceptors (Lipinski definition) is 4. The van der Waals surface area contributed by atoms with Gasteiger partial charge in [-0.2, -0.15) is 13.2 Å². The lowest BCUT2D eigenvalue weighted by molar-refractivity contribution is -0.141. The van der Waals surface area contributed by atoms with Crippen LogP contribution < -0.4 is 0 Å². The Morgan fingerprint density at radius 2 is 1.95 bits per heavy atom. The molecule has 0 aliphatic heterocycles. The fraction of sp³-hybridized carbons (Fsp3) is 0.154. The monoisotopic (exact) mass is 282 g/mol. The summed E-state index contributed by atoms with van der Waals surface area (Å²) in [6, 6.07) is 5.21. The number of alkyl halides is 3. The first-order chi connectivity index (χ1) is 9.43. The largest absolute Gasteiger partial charge is 0.464 e. The van der Waals surface area contributed by atoms with Crippen LogP contribution in [0.1, 0.15) is 16.2 Å². The Labute approximate surface area is 112 Å². The van der Waals surface area contributed by atoms with Crippen molar-refractivity contribution in [2.45, 2.75) is 6.18 Å². The zero-order valence-corrected chi connectivity index (χ0v) is 10.3. The second-order valence-electron chi connectivity index (χ2n) is 3.82. The van der Waals surface area contributed by atoms with Crippen molar-refractivity contribution < 1.29 is 22.7 Å². The predicted octanol–water partition coefficient (Wildman–Crippen LogP) is 2.95. The predicted molar refractivity (Wildman–Crippen MR) is 63.8 cm³/mol. The molecule has 0 unspecified atom stereocenters. The number of rotatable bonds is 2. The first-order valence-corrected chi connectivity index (χ1v) is 5.50. The molecular weight excluding hydrogens is 273 g/mol. The lowest BCUT2D eigenvalue weighted by atomic mass is 10.1. The Balaban J connectivity index is 2.45. The molecule has 104 valence electrons. The van der Waals surface area contributed by atoms with E-state index in [-0.39, 0.29) is 5.69 Å². The van der Waals surface area contributed by atoms with E-state index in [9.17, 15) is 18.0 Å². The van der Waals surface area contributed by atoms with Gasteiger partial charge >= 0.3 is 12.1 Å². The Bertz CT molecular complexity index is 624. The van der Waals surface area contributed by atoms with E-state index in [0.717, 1.165) is 12.3 Å². The van der Waals surface area contributed by atoms with E-state index in [0.29, 0.717) is 11.1 Å². The van der Waals surface area contributed by atoms with Crippen molar-refractivity contribution in [3.63, 3.8) is 0 Å². The molecule has 0 fully saturated rings. The molecule has 0 aliphatic carbocycles. The number of aromatic nitrogens is 2. The number of hydrogen-bond donors (Lipinski definition) is 0. The van der Waals surface area contributed by atoms with Crippen molar-refractivity contribution in [3.8, 4) is 11.1 Å². The molecule has 0 atom stereocenters. The topological polar surface area (TPSA) is 52.1 Å².